The number of nitrogens with two attached hydrogens (primary N) is 1. The van der Waals surface area contributed by atoms with Gasteiger partial charge in [0.2, 0.25) is 0 Å². The number of nitrogen functional groups attached to an aromatic ring is 1. The molecule has 6 nitrogen and oxygen atoms in total. The van der Waals surface area contributed by atoms with Gasteiger partial charge in [-0.25, -0.2) is 9.78 Å². The molecule has 0 saturated heterocycles. The van der Waals surface area contributed by atoms with Crippen LogP contribution in [0.15, 0.2) is 6.07 Å². The van der Waals surface area contributed by atoms with Crippen LogP contribution in [0.5, 0.6) is 0 Å². The number of fused-ring (bicyclic) bond motifs is 1. The van der Waals surface area contributed by atoms with Crippen LogP contribution in [0, 0.1) is 13.8 Å². The molecule has 1 fully saturated rings. The molecule has 1 aliphatic carbocycles. The number of amides is 1. The number of carbonyl (C=O) groups is 2. The summed E-state index contributed by atoms with van der Waals surface area (Å²) in [6.07, 6.45) is 1.13. The molecule has 2 aromatic rings. The molecule has 1 saturated carbocycles. The van der Waals surface area contributed by atoms with Crippen molar-refractivity contribution in [3.8, 4) is 0 Å². The number of pyridine rings is 1. The van der Waals surface area contributed by atoms with Gasteiger partial charge in [0.05, 0.1) is 5.69 Å². The third-order valence-corrected chi connectivity index (χ3v) is 4.87. The minimum absolute atomic E-state index is 0.230. The molecule has 2 aromatic heterocycles. The quantitative estimate of drug-likeness (QED) is 0.837. The van der Waals surface area contributed by atoms with E-state index in [0.717, 1.165) is 29.5 Å². The minimum Gasteiger partial charge on any atom is -0.448 e. The maximum atomic E-state index is 12.3. The lowest BCUT2D eigenvalue weighted by atomic mass is 10.1. The van der Waals surface area contributed by atoms with Crippen LogP contribution in [0.2, 0.25) is 0 Å². The summed E-state index contributed by atoms with van der Waals surface area (Å²) < 4.78 is 5.26. The smallest absolute Gasteiger partial charge is 0.351 e. The van der Waals surface area contributed by atoms with Crippen LogP contribution in [0.3, 0.4) is 0 Å². The van der Waals surface area contributed by atoms with Crippen molar-refractivity contribution < 1.29 is 14.3 Å². The molecule has 7 heteroatoms. The van der Waals surface area contributed by atoms with Gasteiger partial charge < -0.3 is 15.8 Å². The molecule has 0 aromatic carbocycles. The number of thiophene rings is 1. The van der Waals surface area contributed by atoms with Crippen molar-refractivity contribution >= 4 is 39.1 Å². The van der Waals surface area contributed by atoms with Gasteiger partial charge in [-0.2, -0.15) is 0 Å². The maximum absolute atomic E-state index is 12.3. The van der Waals surface area contributed by atoms with E-state index in [1.54, 1.807) is 6.92 Å². The van der Waals surface area contributed by atoms with E-state index in [1.807, 2.05) is 19.9 Å². The van der Waals surface area contributed by atoms with Gasteiger partial charge in [0.25, 0.3) is 5.91 Å². The zero-order valence-electron chi connectivity index (χ0n) is 13.3. The van der Waals surface area contributed by atoms with Gasteiger partial charge in [0.15, 0.2) is 6.10 Å². The number of hydrogen-bond acceptors (Lipinski definition) is 6. The van der Waals surface area contributed by atoms with Crippen LogP contribution in [0.1, 0.15) is 40.7 Å². The highest BCUT2D eigenvalue weighted by atomic mass is 32.1. The first-order valence-corrected chi connectivity index (χ1v) is 8.36. The topological polar surface area (TPSA) is 94.3 Å². The second kappa shape index (κ2) is 5.81. The predicted octanol–water partition coefficient (Wildman–Crippen LogP) is 2.32. The summed E-state index contributed by atoms with van der Waals surface area (Å²) in [5.74, 6) is -0.855. The second-order valence-electron chi connectivity index (χ2n) is 5.94. The highest BCUT2D eigenvalue weighted by Crippen LogP contribution is 2.35. The van der Waals surface area contributed by atoms with Gasteiger partial charge in [0, 0.05) is 17.1 Å². The van der Waals surface area contributed by atoms with Gasteiger partial charge in [-0.1, -0.05) is 0 Å². The van der Waals surface area contributed by atoms with E-state index >= 15 is 0 Å². The predicted molar refractivity (Wildman–Crippen MR) is 89.5 cm³/mol. The summed E-state index contributed by atoms with van der Waals surface area (Å²) in [4.78, 5) is 29.7. The van der Waals surface area contributed by atoms with Gasteiger partial charge >= 0.3 is 5.97 Å². The van der Waals surface area contributed by atoms with Crippen molar-refractivity contribution in [1.82, 2.24) is 10.3 Å². The molecular weight excluding hydrogens is 314 g/mol. The number of hydrogen-bond donors (Lipinski definition) is 2. The lowest BCUT2D eigenvalue weighted by molar-refractivity contribution is -0.129. The van der Waals surface area contributed by atoms with E-state index in [9.17, 15) is 9.59 Å². The number of nitrogens with zero attached hydrogens (tertiary/aromatic N) is 1. The molecule has 122 valence electrons. The van der Waals surface area contributed by atoms with Crippen LogP contribution in [-0.4, -0.2) is 29.0 Å². The van der Waals surface area contributed by atoms with Crippen molar-refractivity contribution in [2.24, 2.45) is 0 Å². The largest absolute Gasteiger partial charge is 0.448 e. The number of esters is 1. The molecule has 1 aliphatic rings. The number of nitrogens with one attached hydrogen (secondary N) is 1. The van der Waals surface area contributed by atoms with Crippen molar-refractivity contribution in [2.45, 2.75) is 45.8 Å². The normalized spacial score (nSPS) is 15.4. The van der Waals surface area contributed by atoms with Crippen LogP contribution < -0.4 is 11.1 Å². The molecule has 0 unspecified atom stereocenters. The molecule has 0 radical (unpaired) electrons. The molecule has 3 rings (SSSR count). The number of rotatable bonds is 4. The number of anilines is 1. The first-order chi connectivity index (χ1) is 10.9. The summed E-state index contributed by atoms with van der Waals surface area (Å²) in [5.41, 5.74) is 8.31. The monoisotopic (exact) mass is 333 g/mol. The Morgan fingerprint density at radius 3 is 2.78 bits per heavy atom. The Bertz CT molecular complexity index is 795. The average Bonchev–Trinajstić information content (AvgIpc) is 3.20. The van der Waals surface area contributed by atoms with Crippen LogP contribution >= 0.6 is 11.3 Å². The Hall–Kier alpha value is -2.15. The molecule has 23 heavy (non-hydrogen) atoms. The van der Waals surface area contributed by atoms with E-state index in [0.29, 0.717) is 15.4 Å². The standard InChI is InChI=1S/C16H19N3O3S/c1-7-6-8(2)18-15-11(7)12(17)13(23-15)16(21)22-9(3)14(20)19-10-4-5-10/h6,9-10H,4-5,17H2,1-3H3,(H,19,20)/t9-/m0/s1. The van der Waals surface area contributed by atoms with E-state index in [2.05, 4.69) is 10.3 Å². The fourth-order valence-corrected chi connectivity index (χ4v) is 3.53. The first-order valence-electron chi connectivity index (χ1n) is 7.54. The maximum Gasteiger partial charge on any atom is 0.351 e. The zero-order valence-corrected chi connectivity index (χ0v) is 14.1. The molecule has 0 aliphatic heterocycles. The Labute approximate surface area is 138 Å². The van der Waals surface area contributed by atoms with E-state index in [-0.39, 0.29) is 11.9 Å². The van der Waals surface area contributed by atoms with Gasteiger partial charge in [-0.15, -0.1) is 11.3 Å². The number of ether oxygens (including phenoxy) is 1. The number of carbonyl (C=O) groups excluding carboxylic acids is 2. The van der Waals surface area contributed by atoms with Crippen molar-refractivity contribution in [3.05, 3.63) is 22.2 Å². The zero-order chi connectivity index (χ0) is 16.7. The summed E-state index contributed by atoms with van der Waals surface area (Å²) in [7, 11) is 0. The van der Waals surface area contributed by atoms with E-state index in [4.69, 9.17) is 10.5 Å². The number of aromatic nitrogens is 1. The number of aryl methyl sites for hydroxylation is 2. The molecule has 1 amide bonds. The Morgan fingerprint density at radius 2 is 2.13 bits per heavy atom. The summed E-state index contributed by atoms with van der Waals surface area (Å²) in [6, 6.07) is 2.15. The van der Waals surface area contributed by atoms with Crippen molar-refractivity contribution in [2.75, 3.05) is 5.73 Å². The van der Waals surface area contributed by atoms with E-state index < -0.39 is 12.1 Å². The van der Waals surface area contributed by atoms with Crippen molar-refractivity contribution in [3.63, 3.8) is 0 Å². The Kier molecular flexibility index (Phi) is 3.97. The Balaban J connectivity index is 1.81. The van der Waals surface area contributed by atoms with Gasteiger partial charge in [0.1, 0.15) is 9.71 Å². The highest BCUT2D eigenvalue weighted by molar-refractivity contribution is 7.21. The summed E-state index contributed by atoms with van der Waals surface area (Å²) in [5, 5.41) is 3.59. The molecule has 1 atom stereocenters. The second-order valence-corrected chi connectivity index (χ2v) is 6.94. The van der Waals surface area contributed by atoms with Crippen LogP contribution in [0.4, 0.5) is 5.69 Å². The molecule has 0 spiro atoms. The Morgan fingerprint density at radius 1 is 1.43 bits per heavy atom. The average molecular weight is 333 g/mol. The molecule has 2 heterocycles. The van der Waals surface area contributed by atoms with Crippen molar-refractivity contribution in [1.29, 1.82) is 0 Å². The lowest BCUT2D eigenvalue weighted by Crippen LogP contribution is -2.37. The first kappa shape index (κ1) is 15.7. The third-order valence-electron chi connectivity index (χ3n) is 3.79. The van der Waals surface area contributed by atoms with Crippen LogP contribution in [0.25, 0.3) is 10.2 Å². The van der Waals surface area contributed by atoms with Crippen LogP contribution in [-0.2, 0) is 9.53 Å². The molecular formula is C16H19N3O3S. The lowest BCUT2D eigenvalue weighted by Gasteiger charge is -2.12. The molecule has 0 bridgehead atoms. The SMILES string of the molecule is Cc1cc(C)c2c(N)c(C(=O)O[C@@H](C)C(=O)NC3CC3)sc2n1. The van der Waals surface area contributed by atoms with Gasteiger partial charge in [-0.3, -0.25) is 4.79 Å². The minimum atomic E-state index is -0.844. The molecule has 3 N–H and O–H groups in total. The summed E-state index contributed by atoms with van der Waals surface area (Å²) in [6.45, 7) is 5.39. The fraction of sp³-hybridized carbons (Fsp3) is 0.438. The van der Waals surface area contributed by atoms with E-state index in [1.165, 1.54) is 11.3 Å². The highest BCUT2D eigenvalue weighted by Gasteiger charge is 2.28. The third kappa shape index (κ3) is 3.14. The summed E-state index contributed by atoms with van der Waals surface area (Å²) >= 11 is 1.20. The fourth-order valence-electron chi connectivity index (χ4n) is 2.43. The van der Waals surface area contributed by atoms with Gasteiger partial charge in [-0.05, 0) is 45.2 Å².